The Morgan fingerprint density at radius 2 is 1.30 bits per heavy atom. The number of phenols is 4. The van der Waals surface area contributed by atoms with Crippen LogP contribution >= 0.6 is 0 Å². The predicted octanol–water partition coefficient (Wildman–Crippen LogP) is -1.22. The second-order valence-electron chi connectivity index (χ2n) is 15.4. The molecule has 0 amide bonds. The molecule has 0 aliphatic carbocycles. The maximum absolute atomic E-state index is 14.3. The van der Waals surface area contributed by atoms with Gasteiger partial charge in [0.25, 0.3) is 0 Å². The van der Waals surface area contributed by atoms with E-state index in [1.165, 1.54) is 62.4 Å². The van der Waals surface area contributed by atoms with Gasteiger partial charge in [-0.2, -0.15) is 0 Å². The number of carbonyl (C=O) groups excluding carboxylic acids is 1. The van der Waals surface area contributed by atoms with Gasteiger partial charge in [0.15, 0.2) is 23.5 Å². The molecule has 1 aromatic heterocycles. The molecule has 64 heavy (non-hydrogen) atoms. The fourth-order valence-electron chi connectivity index (χ4n) is 7.19. The summed E-state index contributed by atoms with van der Waals surface area (Å²) in [6.07, 6.45) is -22.9. The fraction of sp³-hybridized carbons (Fsp3) is 0.429. The molecule has 3 aliphatic rings. The van der Waals surface area contributed by atoms with Gasteiger partial charge in [-0.25, -0.2) is 4.79 Å². The first-order chi connectivity index (χ1) is 30.3. The summed E-state index contributed by atoms with van der Waals surface area (Å²) in [6, 6.07) is 11.1. The molecule has 0 saturated carbocycles. The lowest BCUT2D eigenvalue weighted by atomic mass is 9.97. The Morgan fingerprint density at radius 3 is 1.98 bits per heavy atom. The van der Waals surface area contributed by atoms with Gasteiger partial charge < -0.3 is 98.9 Å². The van der Waals surface area contributed by atoms with Crippen LogP contribution < -0.4 is 14.9 Å². The minimum Gasteiger partial charge on any atom is -0.508 e. The molecule has 22 nitrogen and oxygen atoms in total. The fourth-order valence-corrected chi connectivity index (χ4v) is 7.19. The van der Waals surface area contributed by atoms with Crippen LogP contribution in [0.15, 0.2) is 69.9 Å². The zero-order valence-corrected chi connectivity index (χ0v) is 33.7. The van der Waals surface area contributed by atoms with Crippen LogP contribution in [0.2, 0.25) is 0 Å². The third-order valence-corrected chi connectivity index (χ3v) is 10.9. The number of ether oxygens (including phenoxy) is 7. The van der Waals surface area contributed by atoms with Gasteiger partial charge >= 0.3 is 5.97 Å². The number of aliphatic hydroxyl groups excluding tert-OH is 8. The average Bonchev–Trinajstić information content (AvgIpc) is 3.26. The number of aliphatic hydroxyl groups is 8. The van der Waals surface area contributed by atoms with Crippen molar-refractivity contribution in [3.05, 3.63) is 76.5 Å². The van der Waals surface area contributed by atoms with Crippen molar-refractivity contribution in [2.75, 3.05) is 6.61 Å². The van der Waals surface area contributed by atoms with Crippen LogP contribution in [0.3, 0.4) is 0 Å². The molecule has 4 heterocycles. The van der Waals surface area contributed by atoms with Crippen LogP contribution in [0.25, 0.3) is 28.4 Å². The molecular formula is C42H46O22. The molecule has 0 bridgehead atoms. The quantitative estimate of drug-likeness (QED) is 0.0477. The number of benzene rings is 3. The topological polar surface area (TPSA) is 355 Å². The van der Waals surface area contributed by atoms with Gasteiger partial charge in [0.2, 0.25) is 23.8 Å². The molecule has 346 valence electrons. The minimum atomic E-state index is -2.03. The van der Waals surface area contributed by atoms with Crippen molar-refractivity contribution in [2.24, 2.45) is 0 Å². The molecule has 0 radical (unpaired) electrons. The maximum atomic E-state index is 14.3. The normalized spacial score (nSPS) is 33.2. The van der Waals surface area contributed by atoms with E-state index < -0.39 is 133 Å². The highest BCUT2D eigenvalue weighted by molar-refractivity contribution is 5.88. The van der Waals surface area contributed by atoms with Crippen molar-refractivity contribution < 1.29 is 104 Å². The minimum absolute atomic E-state index is 0.119. The van der Waals surface area contributed by atoms with Crippen molar-refractivity contribution in [1.82, 2.24) is 0 Å². The molecular weight excluding hydrogens is 856 g/mol. The van der Waals surface area contributed by atoms with Gasteiger partial charge in [-0.05, 0) is 61.9 Å². The van der Waals surface area contributed by atoms with Crippen molar-refractivity contribution in [3.8, 4) is 45.8 Å². The van der Waals surface area contributed by atoms with E-state index in [9.17, 15) is 70.9 Å². The van der Waals surface area contributed by atoms with Crippen LogP contribution in [-0.4, -0.2) is 166 Å². The molecule has 12 N–H and O–H groups in total. The van der Waals surface area contributed by atoms with Crippen LogP contribution in [0.1, 0.15) is 19.4 Å². The summed E-state index contributed by atoms with van der Waals surface area (Å²) in [5.74, 6) is -3.86. The molecule has 3 fully saturated rings. The summed E-state index contributed by atoms with van der Waals surface area (Å²) < 4.78 is 45.5. The zero-order valence-electron chi connectivity index (χ0n) is 33.7. The smallest absolute Gasteiger partial charge is 0.330 e. The maximum Gasteiger partial charge on any atom is 0.330 e. The summed E-state index contributed by atoms with van der Waals surface area (Å²) in [5, 5.41) is 125. The number of rotatable bonds is 11. The molecule has 0 unspecified atom stereocenters. The summed E-state index contributed by atoms with van der Waals surface area (Å²) >= 11 is 0. The van der Waals surface area contributed by atoms with Crippen LogP contribution in [0.5, 0.6) is 34.5 Å². The van der Waals surface area contributed by atoms with Gasteiger partial charge in [-0.1, -0.05) is 6.07 Å². The van der Waals surface area contributed by atoms with Gasteiger partial charge in [0.05, 0.1) is 12.2 Å². The monoisotopic (exact) mass is 902 g/mol. The van der Waals surface area contributed by atoms with Crippen molar-refractivity contribution >= 4 is 23.0 Å². The SMILES string of the molecule is C[C@@H]1O[C@H](Oc2cc(O)c3c(=O)c(O[C@H]4O[C@@H](C)[C@H](O)[C@@H](O[C@@H]5O[C@H](COC(=O)C=Cc6ccc(O)c(O)c6)[C@@H](O)[C@H](O)[C@H]5O)[C@H]4O)c(-c4ccc(O)cc4)oc3c2)[C@H](O)[C@H](O)[C@H]1O. The van der Waals surface area contributed by atoms with E-state index in [0.29, 0.717) is 5.56 Å². The Kier molecular flexibility index (Phi) is 13.7. The number of hydrogen-bond donors (Lipinski definition) is 12. The lowest BCUT2D eigenvalue weighted by Gasteiger charge is -2.45. The molecule has 3 aliphatic heterocycles. The van der Waals surface area contributed by atoms with Gasteiger partial charge in [-0.3, -0.25) is 4.79 Å². The molecule has 15 atom stereocenters. The van der Waals surface area contributed by atoms with E-state index >= 15 is 0 Å². The van der Waals surface area contributed by atoms with Gasteiger partial charge in [-0.15, -0.1) is 0 Å². The number of fused-ring (bicyclic) bond motifs is 1. The molecule has 3 aromatic carbocycles. The van der Waals surface area contributed by atoms with Crippen molar-refractivity contribution in [2.45, 2.75) is 106 Å². The van der Waals surface area contributed by atoms with E-state index in [2.05, 4.69) is 0 Å². The Labute approximate surface area is 361 Å². The standard InChI is InChI=1S/C42H46O22/c1-15-28(48)32(52)34(54)40(58-15)60-20-12-23(46)27-24(13-20)61-37(18-5-7-19(43)8-6-18)39(31(27)51)64-42-36(56)38(29(49)16(2)59-42)63-41-35(55)33(53)30(50)25(62-41)14-57-26(47)10-4-17-3-9-21(44)22(45)11-17/h3-13,15-16,25,28-30,32-36,38,40-46,48-50,52-56H,14H2,1-2H3/t15-,16-,25+,28-,29-,30+,32+,33-,34+,35+,36+,38+,40+,41-,42+/m0/s1. The third kappa shape index (κ3) is 9.44. The van der Waals surface area contributed by atoms with Crippen LogP contribution in [0.4, 0.5) is 0 Å². The molecule has 4 aromatic rings. The Morgan fingerprint density at radius 1 is 0.656 bits per heavy atom. The summed E-state index contributed by atoms with van der Waals surface area (Å²) in [6.45, 7) is 2.08. The molecule has 3 saturated heterocycles. The van der Waals surface area contributed by atoms with Crippen molar-refractivity contribution in [3.63, 3.8) is 0 Å². The second-order valence-corrected chi connectivity index (χ2v) is 15.4. The van der Waals surface area contributed by atoms with E-state index in [0.717, 1.165) is 18.2 Å². The average molecular weight is 903 g/mol. The first-order valence-corrected chi connectivity index (χ1v) is 19.7. The lowest BCUT2D eigenvalue weighted by molar-refractivity contribution is -0.350. The first kappa shape index (κ1) is 46.4. The van der Waals surface area contributed by atoms with Crippen LogP contribution in [-0.2, 0) is 28.5 Å². The molecule has 7 rings (SSSR count). The summed E-state index contributed by atoms with van der Waals surface area (Å²) in [7, 11) is 0. The highest BCUT2D eigenvalue weighted by atomic mass is 16.7. The lowest BCUT2D eigenvalue weighted by Crippen LogP contribution is -2.64. The molecule has 22 heteroatoms. The number of hydrogen-bond acceptors (Lipinski definition) is 22. The highest BCUT2D eigenvalue weighted by Gasteiger charge is 2.51. The first-order valence-electron chi connectivity index (χ1n) is 19.7. The summed E-state index contributed by atoms with van der Waals surface area (Å²) in [5.41, 5.74) is -0.892. The zero-order chi connectivity index (χ0) is 46.3. The van der Waals surface area contributed by atoms with E-state index in [4.69, 9.17) is 37.6 Å². The predicted molar refractivity (Wildman–Crippen MR) is 213 cm³/mol. The molecule has 0 spiro atoms. The summed E-state index contributed by atoms with van der Waals surface area (Å²) in [4.78, 5) is 26.7. The highest BCUT2D eigenvalue weighted by Crippen LogP contribution is 2.39. The Hall–Kier alpha value is -5.60. The van der Waals surface area contributed by atoms with Gasteiger partial charge in [0, 0.05) is 23.8 Å². The van der Waals surface area contributed by atoms with E-state index in [-0.39, 0.29) is 34.2 Å². The van der Waals surface area contributed by atoms with E-state index in [1.807, 2.05) is 0 Å². The Bertz CT molecular complexity index is 2390. The number of aromatic hydroxyl groups is 4. The van der Waals surface area contributed by atoms with Crippen molar-refractivity contribution in [1.29, 1.82) is 0 Å². The van der Waals surface area contributed by atoms with E-state index in [1.54, 1.807) is 0 Å². The van der Waals surface area contributed by atoms with Gasteiger partial charge in [0.1, 0.15) is 95.9 Å². The Balaban J connectivity index is 1.12. The number of phenolic OH excluding ortho intramolecular Hbond substituents is 4. The number of carbonyl (C=O) groups is 1. The third-order valence-electron chi connectivity index (χ3n) is 10.9. The second kappa shape index (κ2) is 18.9. The van der Waals surface area contributed by atoms with Crippen LogP contribution in [0, 0.1) is 0 Å². The largest absolute Gasteiger partial charge is 0.508 e. The number of esters is 1.